The average Bonchev–Trinajstić information content (AvgIpc) is 2.94. The number of hydrogen-bond donors (Lipinski definition) is 1. The van der Waals surface area contributed by atoms with E-state index < -0.39 is 0 Å². The molecule has 1 saturated carbocycles. The molecule has 1 aliphatic rings. The molecule has 5 nitrogen and oxygen atoms in total. The number of nitrogens with zero attached hydrogens (tertiary/aromatic N) is 2. The summed E-state index contributed by atoms with van der Waals surface area (Å²) in [5.74, 6) is 1.17. The van der Waals surface area contributed by atoms with Gasteiger partial charge in [0.1, 0.15) is 6.26 Å². The minimum absolute atomic E-state index is 0.00183. The van der Waals surface area contributed by atoms with Crippen molar-refractivity contribution < 1.29 is 14.3 Å². The van der Waals surface area contributed by atoms with Gasteiger partial charge in [-0.05, 0) is 30.2 Å². The Hall–Kier alpha value is -1.66. The molecule has 0 radical (unpaired) electrons. The predicted octanol–water partition coefficient (Wildman–Crippen LogP) is 2.18. The van der Waals surface area contributed by atoms with Gasteiger partial charge in [0.15, 0.2) is 0 Å². The number of carbonyl (C=O) groups is 1. The summed E-state index contributed by atoms with van der Waals surface area (Å²) in [5.41, 5.74) is 0.641. The molecule has 2 aromatic rings. The largest absolute Gasteiger partial charge is 0.444 e. The zero-order valence-corrected chi connectivity index (χ0v) is 12.5. The second kappa shape index (κ2) is 6.41. The fourth-order valence-electron chi connectivity index (χ4n) is 2.22. The third-order valence-corrected chi connectivity index (χ3v) is 4.37. The molecule has 2 heterocycles. The van der Waals surface area contributed by atoms with Crippen LogP contribution in [0.3, 0.4) is 0 Å². The molecular formula is C15H18N2O3S. The maximum atomic E-state index is 12.3. The van der Waals surface area contributed by atoms with Crippen molar-refractivity contribution in [3.05, 3.63) is 29.5 Å². The van der Waals surface area contributed by atoms with Crippen LogP contribution in [0, 0.1) is 5.92 Å². The Kier molecular flexibility index (Phi) is 4.36. The van der Waals surface area contributed by atoms with Crippen molar-refractivity contribution in [3.63, 3.8) is 0 Å². The van der Waals surface area contributed by atoms with Crippen LogP contribution < -0.4 is 0 Å². The highest BCUT2D eigenvalue weighted by Crippen LogP contribution is 2.30. The first-order valence-electron chi connectivity index (χ1n) is 7.13. The monoisotopic (exact) mass is 306 g/mol. The molecule has 0 bridgehead atoms. The van der Waals surface area contributed by atoms with E-state index in [0.29, 0.717) is 24.0 Å². The molecule has 1 aliphatic carbocycles. The molecule has 0 atom stereocenters. The molecule has 1 amide bonds. The molecule has 1 fully saturated rings. The fourth-order valence-corrected chi connectivity index (χ4v) is 2.87. The van der Waals surface area contributed by atoms with Gasteiger partial charge in [0.2, 0.25) is 11.8 Å². The van der Waals surface area contributed by atoms with Gasteiger partial charge in [-0.25, -0.2) is 4.98 Å². The topological polar surface area (TPSA) is 66.6 Å². The molecular weight excluding hydrogens is 288 g/mol. The summed E-state index contributed by atoms with van der Waals surface area (Å²) in [4.78, 5) is 19.4. The number of aromatic nitrogens is 1. The lowest BCUT2D eigenvalue weighted by atomic mass is 10.2. The summed E-state index contributed by atoms with van der Waals surface area (Å²) in [6, 6.07) is 3.88. The molecule has 1 N–H and O–H groups in total. The molecule has 2 aromatic heterocycles. The van der Waals surface area contributed by atoms with Crippen molar-refractivity contribution in [2.24, 2.45) is 5.92 Å². The first kappa shape index (κ1) is 14.3. The van der Waals surface area contributed by atoms with E-state index in [9.17, 15) is 4.79 Å². The Morgan fingerprint density at radius 1 is 1.52 bits per heavy atom. The molecule has 0 unspecified atom stereocenters. The Bertz CT molecular complexity index is 590. The molecule has 0 aliphatic heterocycles. The summed E-state index contributed by atoms with van der Waals surface area (Å²) in [5, 5.41) is 11.0. The van der Waals surface area contributed by atoms with Gasteiger partial charge in [-0.3, -0.25) is 4.79 Å². The van der Waals surface area contributed by atoms with Crippen LogP contribution in [-0.2, 0) is 11.2 Å². The maximum absolute atomic E-state index is 12.3. The molecule has 21 heavy (non-hydrogen) atoms. The Morgan fingerprint density at radius 2 is 2.38 bits per heavy atom. The summed E-state index contributed by atoms with van der Waals surface area (Å²) < 4.78 is 5.42. The van der Waals surface area contributed by atoms with Crippen molar-refractivity contribution in [2.45, 2.75) is 19.3 Å². The molecule has 0 spiro atoms. The molecule has 0 saturated heterocycles. The molecule has 0 aromatic carbocycles. The van der Waals surface area contributed by atoms with E-state index in [4.69, 9.17) is 9.52 Å². The first-order chi connectivity index (χ1) is 10.3. The Morgan fingerprint density at radius 3 is 3.05 bits per heavy atom. The van der Waals surface area contributed by atoms with Crippen molar-refractivity contribution in [2.75, 3.05) is 19.7 Å². The number of hydrogen-bond acceptors (Lipinski definition) is 5. The lowest BCUT2D eigenvalue weighted by Gasteiger charge is -2.21. The van der Waals surface area contributed by atoms with Gasteiger partial charge >= 0.3 is 0 Å². The number of carbonyl (C=O) groups excluding carboxylic acids is 1. The summed E-state index contributed by atoms with van der Waals surface area (Å²) in [7, 11) is 0. The first-order valence-corrected chi connectivity index (χ1v) is 8.01. The second-order valence-electron chi connectivity index (χ2n) is 5.30. The van der Waals surface area contributed by atoms with Crippen LogP contribution in [-0.4, -0.2) is 40.6 Å². The van der Waals surface area contributed by atoms with Crippen molar-refractivity contribution in [1.82, 2.24) is 9.88 Å². The van der Waals surface area contributed by atoms with Gasteiger partial charge in [0.05, 0.1) is 23.6 Å². The number of amides is 1. The highest BCUT2D eigenvalue weighted by Gasteiger charge is 2.26. The quantitative estimate of drug-likeness (QED) is 0.851. The third-order valence-electron chi connectivity index (χ3n) is 3.51. The van der Waals surface area contributed by atoms with E-state index in [1.807, 2.05) is 17.5 Å². The SMILES string of the molecule is O=C(Cc1coc(-c2cccs2)n1)N(CCO)CC1CC1. The summed E-state index contributed by atoms with van der Waals surface area (Å²) in [6.45, 7) is 1.14. The highest BCUT2D eigenvalue weighted by molar-refractivity contribution is 7.13. The van der Waals surface area contributed by atoms with Crippen LogP contribution in [0.5, 0.6) is 0 Å². The van der Waals surface area contributed by atoms with E-state index in [2.05, 4.69) is 4.98 Å². The number of aliphatic hydroxyl groups excluding tert-OH is 1. The normalized spacial score (nSPS) is 14.3. The van der Waals surface area contributed by atoms with Crippen LogP contribution in [0.2, 0.25) is 0 Å². The standard InChI is InChI=1S/C15H18N2O3S/c18-6-5-17(9-11-3-4-11)14(19)8-12-10-20-15(16-12)13-2-1-7-21-13/h1-2,7,10-11,18H,3-6,8-9H2. The fraction of sp³-hybridized carbons (Fsp3) is 0.467. The van der Waals surface area contributed by atoms with Crippen LogP contribution >= 0.6 is 11.3 Å². The summed E-state index contributed by atoms with van der Waals surface area (Å²) >= 11 is 1.55. The molecule has 3 rings (SSSR count). The second-order valence-corrected chi connectivity index (χ2v) is 6.25. The van der Waals surface area contributed by atoms with E-state index in [1.165, 1.54) is 12.8 Å². The third kappa shape index (κ3) is 3.71. The van der Waals surface area contributed by atoms with Gasteiger partial charge in [0.25, 0.3) is 0 Å². The maximum Gasteiger partial charge on any atom is 0.236 e. The molecule has 112 valence electrons. The molecule has 6 heteroatoms. The van der Waals surface area contributed by atoms with Gasteiger partial charge < -0.3 is 14.4 Å². The van der Waals surface area contributed by atoms with E-state index in [1.54, 1.807) is 22.5 Å². The Balaban J connectivity index is 1.63. The number of aliphatic hydroxyl groups is 1. The number of oxazole rings is 1. The van der Waals surface area contributed by atoms with Crippen LogP contribution in [0.25, 0.3) is 10.8 Å². The number of rotatable bonds is 7. The van der Waals surface area contributed by atoms with E-state index in [0.717, 1.165) is 11.4 Å². The van der Waals surface area contributed by atoms with Crippen molar-refractivity contribution >= 4 is 17.2 Å². The highest BCUT2D eigenvalue weighted by atomic mass is 32.1. The van der Waals surface area contributed by atoms with E-state index >= 15 is 0 Å². The van der Waals surface area contributed by atoms with Gasteiger partial charge in [-0.1, -0.05) is 6.07 Å². The number of thiophene rings is 1. The van der Waals surface area contributed by atoms with Crippen LogP contribution in [0.4, 0.5) is 0 Å². The minimum Gasteiger partial charge on any atom is -0.444 e. The summed E-state index contributed by atoms with van der Waals surface area (Å²) in [6.07, 6.45) is 4.13. The van der Waals surface area contributed by atoms with Gasteiger partial charge in [0, 0.05) is 13.1 Å². The lowest BCUT2D eigenvalue weighted by molar-refractivity contribution is -0.131. The zero-order valence-electron chi connectivity index (χ0n) is 11.7. The van der Waals surface area contributed by atoms with E-state index in [-0.39, 0.29) is 18.9 Å². The predicted molar refractivity (Wildman–Crippen MR) is 79.9 cm³/mol. The zero-order chi connectivity index (χ0) is 14.7. The van der Waals surface area contributed by atoms with Gasteiger partial charge in [-0.15, -0.1) is 11.3 Å². The van der Waals surface area contributed by atoms with Crippen LogP contribution in [0.1, 0.15) is 18.5 Å². The average molecular weight is 306 g/mol. The van der Waals surface area contributed by atoms with Crippen molar-refractivity contribution in [3.8, 4) is 10.8 Å². The minimum atomic E-state index is -0.00226. The van der Waals surface area contributed by atoms with Crippen molar-refractivity contribution in [1.29, 1.82) is 0 Å². The lowest BCUT2D eigenvalue weighted by Crippen LogP contribution is -2.36. The smallest absolute Gasteiger partial charge is 0.236 e. The Labute approximate surface area is 127 Å². The van der Waals surface area contributed by atoms with Crippen LogP contribution in [0.15, 0.2) is 28.2 Å². The van der Waals surface area contributed by atoms with Gasteiger partial charge in [-0.2, -0.15) is 0 Å².